The molecule has 0 aliphatic heterocycles. The normalized spacial score (nSPS) is 10.6. The van der Waals surface area contributed by atoms with E-state index in [1.54, 1.807) is 24.3 Å². The Hall–Kier alpha value is -3.17. The molecule has 120 valence electrons. The van der Waals surface area contributed by atoms with Crippen LogP contribution < -0.4 is 5.32 Å². The van der Waals surface area contributed by atoms with Gasteiger partial charge in [0, 0.05) is 12.0 Å². The average molecular weight is 315 g/mol. The van der Waals surface area contributed by atoms with E-state index in [9.17, 15) is 9.59 Å². The summed E-state index contributed by atoms with van der Waals surface area (Å²) in [4.78, 5) is 27.2. The molecule has 1 N–H and O–H groups in total. The maximum Gasteiger partial charge on any atom is 0.410 e. The molecule has 0 saturated heterocycles. The second kappa shape index (κ2) is 9.71. The maximum absolute atomic E-state index is 11.8. The molecular formula is C15H17N5O3. The molecule has 1 atom stereocenters. The molecule has 1 aromatic rings. The SMILES string of the molecule is C#CCN(C)C(=O)OCC(NC(=O)CN=[N+]=[N-])c1ccccc1. The fraction of sp³-hybridized carbons (Fsp3) is 0.333. The predicted molar refractivity (Wildman–Crippen MR) is 84.1 cm³/mol. The van der Waals surface area contributed by atoms with E-state index in [4.69, 9.17) is 16.7 Å². The molecule has 8 heteroatoms. The molecule has 0 radical (unpaired) electrons. The van der Waals surface area contributed by atoms with Crippen LogP contribution in [0.15, 0.2) is 35.4 Å². The minimum atomic E-state index is -0.590. The van der Waals surface area contributed by atoms with Gasteiger partial charge < -0.3 is 15.0 Å². The smallest absolute Gasteiger partial charge is 0.410 e. The highest BCUT2D eigenvalue weighted by Gasteiger charge is 2.17. The Bertz CT molecular complexity index is 620. The van der Waals surface area contributed by atoms with Crippen molar-refractivity contribution in [2.24, 2.45) is 5.11 Å². The highest BCUT2D eigenvalue weighted by Crippen LogP contribution is 2.13. The van der Waals surface area contributed by atoms with Gasteiger partial charge >= 0.3 is 6.09 Å². The van der Waals surface area contributed by atoms with Gasteiger partial charge in [0.1, 0.15) is 13.2 Å². The van der Waals surface area contributed by atoms with Gasteiger partial charge in [-0.3, -0.25) is 4.79 Å². The van der Waals surface area contributed by atoms with Crippen LogP contribution in [0.2, 0.25) is 0 Å². The summed E-state index contributed by atoms with van der Waals surface area (Å²) in [6.45, 7) is -0.275. The lowest BCUT2D eigenvalue weighted by Gasteiger charge is -2.21. The fourth-order valence-electron chi connectivity index (χ4n) is 1.71. The number of carbonyl (C=O) groups is 2. The Morgan fingerprint density at radius 3 is 2.78 bits per heavy atom. The summed E-state index contributed by atoms with van der Waals surface area (Å²) in [5.74, 6) is 1.86. The second-order valence-electron chi connectivity index (χ2n) is 4.56. The predicted octanol–water partition coefficient (Wildman–Crippen LogP) is 1.86. The van der Waals surface area contributed by atoms with E-state index in [1.165, 1.54) is 11.9 Å². The van der Waals surface area contributed by atoms with Gasteiger partial charge in [0.05, 0.1) is 12.6 Å². The van der Waals surface area contributed by atoms with Crippen LogP contribution in [0.1, 0.15) is 11.6 Å². The van der Waals surface area contributed by atoms with Crippen LogP contribution in [-0.2, 0) is 9.53 Å². The molecule has 0 spiro atoms. The van der Waals surface area contributed by atoms with Crippen LogP contribution >= 0.6 is 0 Å². The number of nitrogens with one attached hydrogen (secondary N) is 1. The van der Waals surface area contributed by atoms with Gasteiger partial charge in [-0.05, 0) is 11.1 Å². The van der Waals surface area contributed by atoms with Crippen LogP contribution in [0.5, 0.6) is 0 Å². The molecule has 1 rings (SSSR count). The molecule has 2 amide bonds. The summed E-state index contributed by atoms with van der Waals surface area (Å²) < 4.78 is 5.15. The Labute approximate surface area is 134 Å². The Morgan fingerprint density at radius 2 is 2.17 bits per heavy atom. The van der Waals surface area contributed by atoms with Gasteiger partial charge in [0.15, 0.2) is 0 Å². The number of ether oxygens (including phenoxy) is 1. The molecular weight excluding hydrogens is 298 g/mol. The molecule has 8 nitrogen and oxygen atoms in total. The molecule has 0 bridgehead atoms. The van der Waals surface area contributed by atoms with Crippen molar-refractivity contribution in [3.05, 3.63) is 46.3 Å². The van der Waals surface area contributed by atoms with Gasteiger partial charge in [-0.1, -0.05) is 41.4 Å². The van der Waals surface area contributed by atoms with Crippen LogP contribution in [0.25, 0.3) is 10.4 Å². The summed E-state index contributed by atoms with van der Waals surface area (Å²) in [6, 6.07) is 8.45. The van der Waals surface area contributed by atoms with E-state index in [0.717, 1.165) is 5.56 Å². The van der Waals surface area contributed by atoms with E-state index in [2.05, 4.69) is 21.3 Å². The fourth-order valence-corrected chi connectivity index (χ4v) is 1.71. The molecule has 0 saturated carbocycles. The van der Waals surface area contributed by atoms with E-state index in [-0.39, 0.29) is 19.7 Å². The molecule has 0 fully saturated rings. The van der Waals surface area contributed by atoms with Gasteiger partial charge in [0.2, 0.25) is 5.91 Å². The number of hydrogen-bond donors (Lipinski definition) is 1. The summed E-state index contributed by atoms with van der Waals surface area (Å²) in [5.41, 5.74) is 9.00. The van der Waals surface area contributed by atoms with Crippen molar-refractivity contribution < 1.29 is 14.3 Å². The first-order chi connectivity index (χ1) is 11.1. The lowest BCUT2D eigenvalue weighted by molar-refractivity contribution is -0.120. The van der Waals surface area contributed by atoms with Crippen molar-refractivity contribution in [1.82, 2.24) is 10.2 Å². The monoisotopic (exact) mass is 315 g/mol. The van der Waals surface area contributed by atoms with E-state index >= 15 is 0 Å². The zero-order chi connectivity index (χ0) is 17.1. The molecule has 23 heavy (non-hydrogen) atoms. The van der Waals surface area contributed by atoms with Crippen LogP contribution in [0, 0.1) is 12.3 Å². The number of rotatable bonds is 7. The Balaban J connectivity index is 2.72. The van der Waals surface area contributed by atoms with Crippen molar-refractivity contribution in [2.45, 2.75) is 6.04 Å². The highest BCUT2D eigenvalue weighted by atomic mass is 16.6. The number of terminal acetylenes is 1. The molecule has 1 unspecified atom stereocenters. The highest BCUT2D eigenvalue weighted by molar-refractivity contribution is 5.78. The number of nitrogens with zero attached hydrogens (tertiary/aromatic N) is 4. The van der Waals surface area contributed by atoms with Crippen LogP contribution in [0.4, 0.5) is 4.79 Å². The number of carbonyl (C=O) groups excluding carboxylic acids is 2. The lowest BCUT2D eigenvalue weighted by Crippen LogP contribution is -2.35. The summed E-state index contributed by atoms with van der Waals surface area (Å²) in [5, 5.41) is 5.85. The van der Waals surface area contributed by atoms with Crippen molar-refractivity contribution in [1.29, 1.82) is 0 Å². The second-order valence-corrected chi connectivity index (χ2v) is 4.56. The standard InChI is InChI=1S/C15H17N5O3/c1-3-9-20(2)15(22)23-11-13(12-7-5-4-6-8-12)18-14(21)10-17-19-16/h1,4-8,13H,9-11H2,2H3,(H,18,21). The van der Waals surface area contributed by atoms with Crippen LogP contribution in [-0.4, -0.2) is 43.6 Å². The van der Waals surface area contributed by atoms with Crippen LogP contribution in [0.3, 0.4) is 0 Å². The maximum atomic E-state index is 11.8. The van der Waals surface area contributed by atoms with Crippen molar-refractivity contribution in [2.75, 3.05) is 26.7 Å². The first kappa shape index (κ1) is 17.9. The first-order valence-corrected chi connectivity index (χ1v) is 6.75. The molecule has 0 aliphatic carbocycles. The minimum absolute atomic E-state index is 0.0697. The van der Waals surface area contributed by atoms with E-state index < -0.39 is 18.0 Å². The number of amides is 2. The lowest BCUT2D eigenvalue weighted by atomic mass is 10.1. The number of azide groups is 1. The third kappa shape index (κ3) is 6.42. The molecule has 0 heterocycles. The van der Waals surface area contributed by atoms with Gasteiger partial charge in [-0.25, -0.2) is 4.79 Å². The summed E-state index contributed by atoms with van der Waals surface area (Å²) >= 11 is 0. The van der Waals surface area contributed by atoms with Gasteiger partial charge in [0.25, 0.3) is 0 Å². The largest absolute Gasteiger partial charge is 0.447 e. The van der Waals surface area contributed by atoms with Gasteiger partial charge in [-0.2, -0.15) is 0 Å². The van der Waals surface area contributed by atoms with Crippen molar-refractivity contribution in [3.63, 3.8) is 0 Å². The average Bonchev–Trinajstić information content (AvgIpc) is 2.57. The Kier molecular flexibility index (Phi) is 7.55. The topological polar surface area (TPSA) is 107 Å². The van der Waals surface area contributed by atoms with Crippen molar-refractivity contribution in [3.8, 4) is 12.3 Å². The number of benzene rings is 1. The number of hydrogen-bond acceptors (Lipinski definition) is 4. The first-order valence-electron chi connectivity index (χ1n) is 6.75. The summed E-state index contributed by atoms with van der Waals surface area (Å²) in [6.07, 6.45) is 4.54. The van der Waals surface area contributed by atoms with Gasteiger partial charge in [-0.15, -0.1) is 6.42 Å². The minimum Gasteiger partial charge on any atom is -0.447 e. The zero-order valence-corrected chi connectivity index (χ0v) is 12.7. The molecule has 1 aromatic carbocycles. The zero-order valence-electron chi connectivity index (χ0n) is 12.7. The van der Waals surface area contributed by atoms with E-state index in [1.807, 2.05) is 6.07 Å². The third-order valence-electron chi connectivity index (χ3n) is 2.83. The third-order valence-corrected chi connectivity index (χ3v) is 2.83. The quantitative estimate of drug-likeness (QED) is 0.359. The Morgan fingerprint density at radius 1 is 1.48 bits per heavy atom. The molecule has 0 aromatic heterocycles. The summed E-state index contributed by atoms with van der Waals surface area (Å²) in [7, 11) is 1.51. The van der Waals surface area contributed by atoms with Crippen molar-refractivity contribution >= 4 is 12.0 Å². The molecule has 0 aliphatic rings. The van der Waals surface area contributed by atoms with E-state index in [0.29, 0.717) is 0 Å².